The molecular weight excluding hydrogens is 246 g/mol. The maximum absolute atomic E-state index is 9.01. The maximum atomic E-state index is 9.01. The molecule has 0 saturated carbocycles. The predicted octanol–water partition coefficient (Wildman–Crippen LogP) is 2.96. The first kappa shape index (κ1) is 11.4. The summed E-state index contributed by atoms with van der Waals surface area (Å²) >= 11 is 7.28. The first-order valence-electron chi connectivity index (χ1n) is 4.65. The molecule has 5 heteroatoms. The molecule has 0 aliphatic carbocycles. The van der Waals surface area contributed by atoms with Gasteiger partial charge in [-0.2, -0.15) is 0 Å². The van der Waals surface area contributed by atoms with Crippen LogP contribution in [0.2, 0.25) is 4.34 Å². The van der Waals surface area contributed by atoms with Gasteiger partial charge >= 0.3 is 0 Å². The van der Waals surface area contributed by atoms with Crippen LogP contribution in [0.1, 0.15) is 5.69 Å². The fraction of sp³-hybridized carbons (Fsp3) is 0.182. The van der Waals surface area contributed by atoms with Crippen LogP contribution in [-0.4, -0.2) is 17.2 Å². The van der Waals surface area contributed by atoms with Crippen LogP contribution >= 0.6 is 22.9 Å². The molecule has 1 N–H and O–H groups in total. The van der Waals surface area contributed by atoms with E-state index >= 15 is 0 Å². The maximum Gasteiger partial charge on any atom is 0.125 e. The summed E-state index contributed by atoms with van der Waals surface area (Å²) in [5.74, 6) is 0.773. The Bertz CT molecular complexity index is 498. The minimum Gasteiger partial charge on any atom is -0.497 e. The molecule has 1 heterocycles. The highest BCUT2D eigenvalue weighted by atomic mass is 35.5. The van der Waals surface area contributed by atoms with E-state index in [0.717, 1.165) is 16.3 Å². The molecule has 0 fully saturated rings. The highest BCUT2D eigenvalue weighted by Gasteiger charge is 2.10. The lowest BCUT2D eigenvalue weighted by molar-refractivity contribution is 0.278. The summed E-state index contributed by atoms with van der Waals surface area (Å²) in [6.45, 7) is -0.140. The topological polar surface area (TPSA) is 42.4 Å². The molecule has 3 nitrogen and oxygen atoms in total. The van der Waals surface area contributed by atoms with Gasteiger partial charge in [-0.15, -0.1) is 11.3 Å². The number of ether oxygens (including phenoxy) is 1. The van der Waals surface area contributed by atoms with Crippen LogP contribution in [0.25, 0.3) is 10.6 Å². The smallest absolute Gasteiger partial charge is 0.125 e. The molecule has 0 saturated heterocycles. The van der Waals surface area contributed by atoms with Crippen LogP contribution in [0, 0.1) is 0 Å². The summed E-state index contributed by atoms with van der Waals surface area (Å²) in [6.07, 6.45) is 0. The van der Waals surface area contributed by atoms with Gasteiger partial charge in [-0.05, 0) is 12.1 Å². The van der Waals surface area contributed by atoms with E-state index in [1.165, 1.54) is 11.3 Å². The second-order valence-corrected chi connectivity index (χ2v) is 4.73. The van der Waals surface area contributed by atoms with Gasteiger partial charge in [0.05, 0.1) is 19.4 Å². The fourth-order valence-electron chi connectivity index (χ4n) is 1.31. The predicted molar refractivity (Wildman–Crippen MR) is 65.0 cm³/mol. The van der Waals surface area contributed by atoms with E-state index in [9.17, 15) is 0 Å². The van der Waals surface area contributed by atoms with Gasteiger partial charge in [-0.3, -0.25) is 0 Å². The van der Waals surface area contributed by atoms with Crippen LogP contribution in [0.15, 0.2) is 24.3 Å². The van der Waals surface area contributed by atoms with E-state index in [-0.39, 0.29) is 6.61 Å². The minimum absolute atomic E-state index is 0.140. The number of aliphatic hydroxyl groups excluding tert-OH is 1. The van der Waals surface area contributed by atoms with Crippen molar-refractivity contribution in [3.8, 4) is 16.3 Å². The van der Waals surface area contributed by atoms with Crippen molar-refractivity contribution in [1.29, 1.82) is 0 Å². The quantitative estimate of drug-likeness (QED) is 0.917. The number of hydrogen-bond acceptors (Lipinski definition) is 4. The third kappa shape index (κ3) is 2.19. The summed E-state index contributed by atoms with van der Waals surface area (Å²) in [5.41, 5.74) is 1.45. The second-order valence-electron chi connectivity index (χ2n) is 3.13. The molecule has 0 amide bonds. The molecule has 1 aromatic carbocycles. The summed E-state index contributed by atoms with van der Waals surface area (Å²) in [5, 5.41) is 9.80. The largest absolute Gasteiger partial charge is 0.497 e. The Morgan fingerprint density at radius 2 is 2.31 bits per heavy atom. The zero-order valence-electron chi connectivity index (χ0n) is 8.61. The number of benzene rings is 1. The number of rotatable bonds is 3. The lowest BCUT2D eigenvalue weighted by Gasteiger charge is -2.00. The van der Waals surface area contributed by atoms with Gasteiger partial charge in [-0.25, -0.2) is 4.98 Å². The Morgan fingerprint density at radius 3 is 2.94 bits per heavy atom. The van der Waals surface area contributed by atoms with E-state index < -0.39 is 0 Å². The Kier molecular flexibility index (Phi) is 3.43. The monoisotopic (exact) mass is 255 g/mol. The molecule has 2 rings (SSSR count). The van der Waals surface area contributed by atoms with Gasteiger partial charge in [0.25, 0.3) is 0 Å². The van der Waals surface area contributed by atoms with Gasteiger partial charge in [0, 0.05) is 5.56 Å². The van der Waals surface area contributed by atoms with Crippen molar-refractivity contribution < 1.29 is 9.84 Å². The first-order chi connectivity index (χ1) is 7.74. The zero-order valence-corrected chi connectivity index (χ0v) is 10.2. The van der Waals surface area contributed by atoms with E-state index in [0.29, 0.717) is 10.0 Å². The van der Waals surface area contributed by atoms with Crippen molar-refractivity contribution >= 4 is 22.9 Å². The van der Waals surface area contributed by atoms with Gasteiger partial charge in [-0.1, -0.05) is 23.7 Å². The van der Waals surface area contributed by atoms with Crippen LogP contribution in [-0.2, 0) is 6.61 Å². The number of halogens is 1. The number of methoxy groups -OCH3 is 1. The number of aliphatic hydroxyl groups is 1. The van der Waals surface area contributed by atoms with Crippen LogP contribution in [0.4, 0.5) is 0 Å². The van der Waals surface area contributed by atoms with Crippen LogP contribution in [0.3, 0.4) is 0 Å². The molecule has 2 aromatic rings. The van der Waals surface area contributed by atoms with Crippen molar-refractivity contribution in [2.24, 2.45) is 0 Å². The summed E-state index contributed by atoms with van der Waals surface area (Å²) in [7, 11) is 1.62. The molecule has 0 unspecified atom stereocenters. The Hall–Kier alpha value is -1.10. The van der Waals surface area contributed by atoms with Crippen molar-refractivity contribution in [2.75, 3.05) is 7.11 Å². The normalized spacial score (nSPS) is 10.4. The van der Waals surface area contributed by atoms with Gasteiger partial charge in [0.15, 0.2) is 0 Å². The molecular formula is C11H10ClNO2S. The molecule has 0 bridgehead atoms. The molecule has 0 spiro atoms. The van der Waals surface area contributed by atoms with Crippen molar-refractivity contribution in [3.05, 3.63) is 34.3 Å². The zero-order chi connectivity index (χ0) is 11.5. The standard InChI is InChI=1S/C11H10ClNO2S/c1-15-8-4-2-3-7(5-8)11-13-9(6-14)10(12)16-11/h2-5,14H,6H2,1H3. The van der Waals surface area contributed by atoms with Crippen LogP contribution in [0.5, 0.6) is 5.75 Å². The lowest BCUT2D eigenvalue weighted by atomic mass is 10.2. The molecule has 84 valence electrons. The van der Waals surface area contributed by atoms with Gasteiger partial charge < -0.3 is 9.84 Å². The van der Waals surface area contributed by atoms with Crippen molar-refractivity contribution in [2.45, 2.75) is 6.61 Å². The van der Waals surface area contributed by atoms with Gasteiger partial charge in [0.1, 0.15) is 15.1 Å². The summed E-state index contributed by atoms with van der Waals surface area (Å²) < 4.78 is 5.66. The number of aromatic nitrogens is 1. The Labute approximate surface area is 102 Å². The van der Waals surface area contributed by atoms with Crippen molar-refractivity contribution in [3.63, 3.8) is 0 Å². The van der Waals surface area contributed by atoms with Gasteiger partial charge in [0.2, 0.25) is 0 Å². The highest BCUT2D eigenvalue weighted by molar-refractivity contribution is 7.19. The Balaban J connectivity index is 2.41. The lowest BCUT2D eigenvalue weighted by Crippen LogP contribution is -1.85. The summed E-state index contributed by atoms with van der Waals surface area (Å²) in [6, 6.07) is 7.57. The third-order valence-electron chi connectivity index (χ3n) is 2.12. The first-order valence-corrected chi connectivity index (χ1v) is 5.84. The molecule has 0 aliphatic rings. The molecule has 0 aliphatic heterocycles. The average molecular weight is 256 g/mol. The van der Waals surface area contributed by atoms with E-state index in [1.807, 2.05) is 24.3 Å². The number of thiazole rings is 1. The second kappa shape index (κ2) is 4.82. The Morgan fingerprint density at radius 1 is 1.50 bits per heavy atom. The highest BCUT2D eigenvalue weighted by Crippen LogP contribution is 2.32. The average Bonchev–Trinajstić information content (AvgIpc) is 2.71. The fourth-order valence-corrected chi connectivity index (χ4v) is 2.43. The SMILES string of the molecule is COc1cccc(-c2nc(CO)c(Cl)s2)c1. The van der Waals surface area contributed by atoms with E-state index in [1.54, 1.807) is 7.11 Å². The van der Waals surface area contributed by atoms with Crippen molar-refractivity contribution in [1.82, 2.24) is 4.98 Å². The minimum atomic E-state index is -0.140. The molecule has 16 heavy (non-hydrogen) atoms. The molecule has 1 aromatic heterocycles. The molecule has 0 radical (unpaired) electrons. The van der Waals surface area contributed by atoms with E-state index in [4.69, 9.17) is 21.4 Å². The third-order valence-corrected chi connectivity index (χ3v) is 3.50. The van der Waals surface area contributed by atoms with Crippen LogP contribution < -0.4 is 4.74 Å². The number of nitrogens with zero attached hydrogens (tertiary/aromatic N) is 1. The number of hydrogen-bond donors (Lipinski definition) is 1. The van der Waals surface area contributed by atoms with E-state index in [2.05, 4.69) is 4.98 Å². The summed E-state index contributed by atoms with van der Waals surface area (Å²) in [4.78, 5) is 4.25. The molecule has 0 atom stereocenters.